The number of esters is 1. The van der Waals surface area contributed by atoms with Crippen LogP contribution < -0.4 is 0 Å². The van der Waals surface area contributed by atoms with Crippen LogP contribution in [0.2, 0.25) is 0 Å². The number of aliphatic hydroxyl groups excluding tert-OH is 1. The van der Waals surface area contributed by atoms with Crippen molar-refractivity contribution in [2.24, 2.45) is 5.92 Å². The average Bonchev–Trinajstić information content (AvgIpc) is 2.30. The molecule has 1 aliphatic carbocycles. The summed E-state index contributed by atoms with van der Waals surface area (Å²) in [6, 6.07) is 0. The van der Waals surface area contributed by atoms with Gasteiger partial charge in [0.1, 0.15) is 0 Å². The van der Waals surface area contributed by atoms with Crippen LogP contribution in [0.4, 0.5) is 0 Å². The van der Waals surface area contributed by atoms with Gasteiger partial charge in [0.25, 0.3) is 0 Å². The molecule has 11 heavy (non-hydrogen) atoms. The van der Waals surface area contributed by atoms with Crippen LogP contribution >= 0.6 is 0 Å². The average molecular weight is 152 g/mol. The molecule has 0 radical (unpaired) electrons. The van der Waals surface area contributed by atoms with Crippen LogP contribution in [-0.4, -0.2) is 17.4 Å². The summed E-state index contributed by atoms with van der Waals surface area (Å²) >= 11 is 0. The molecule has 1 fully saturated rings. The molecule has 1 N–H and O–H groups in total. The van der Waals surface area contributed by atoms with E-state index in [-0.39, 0.29) is 11.9 Å². The first-order chi connectivity index (χ1) is 5.29. The molecule has 0 saturated carbocycles. The molecular formula is C8H8O3. The number of ether oxygens (including phenoxy) is 1. The van der Waals surface area contributed by atoms with Gasteiger partial charge in [-0.3, -0.25) is 4.79 Å². The van der Waals surface area contributed by atoms with E-state index in [2.05, 4.69) is 4.74 Å². The van der Waals surface area contributed by atoms with Crippen molar-refractivity contribution in [3.63, 3.8) is 0 Å². The zero-order valence-electron chi connectivity index (χ0n) is 5.86. The molecule has 3 heteroatoms. The Morgan fingerprint density at radius 3 is 3.18 bits per heavy atom. The van der Waals surface area contributed by atoms with Gasteiger partial charge >= 0.3 is 5.97 Å². The molecule has 1 heterocycles. The van der Waals surface area contributed by atoms with E-state index in [0.717, 1.165) is 0 Å². The van der Waals surface area contributed by atoms with Crippen molar-refractivity contribution in [1.82, 2.24) is 0 Å². The lowest BCUT2D eigenvalue weighted by molar-refractivity contribution is -0.154. The predicted molar refractivity (Wildman–Crippen MR) is 37.4 cm³/mol. The zero-order chi connectivity index (χ0) is 7.84. The van der Waals surface area contributed by atoms with Crippen molar-refractivity contribution >= 4 is 5.97 Å². The van der Waals surface area contributed by atoms with E-state index < -0.39 is 6.29 Å². The molecule has 3 nitrogen and oxygen atoms in total. The van der Waals surface area contributed by atoms with Crippen molar-refractivity contribution in [3.8, 4) is 0 Å². The zero-order valence-corrected chi connectivity index (χ0v) is 5.86. The Morgan fingerprint density at radius 1 is 1.64 bits per heavy atom. The summed E-state index contributed by atoms with van der Waals surface area (Å²) in [6.07, 6.45) is 5.12. The van der Waals surface area contributed by atoms with E-state index in [1.54, 1.807) is 6.08 Å². The Bertz CT molecular complexity index is 252. The molecule has 0 aromatic rings. The van der Waals surface area contributed by atoms with E-state index in [0.29, 0.717) is 12.0 Å². The van der Waals surface area contributed by atoms with Gasteiger partial charge in [-0.2, -0.15) is 0 Å². The maximum atomic E-state index is 11.0. The smallest absolute Gasteiger partial charge is 0.316 e. The fourth-order valence-electron chi connectivity index (χ4n) is 1.39. The van der Waals surface area contributed by atoms with Gasteiger partial charge < -0.3 is 9.84 Å². The minimum atomic E-state index is -1.00. The van der Waals surface area contributed by atoms with E-state index in [4.69, 9.17) is 5.11 Å². The third kappa shape index (κ3) is 0.886. The van der Waals surface area contributed by atoms with E-state index in [1.807, 2.05) is 12.2 Å². The number of hydrogen-bond acceptors (Lipinski definition) is 3. The summed E-state index contributed by atoms with van der Waals surface area (Å²) in [5.74, 6) is -0.539. The second-order valence-electron chi connectivity index (χ2n) is 2.67. The fraction of sp³-hybridized carbons (Fsp3) is 0.375. The second kappa shape index (κ2) is 2.20. The molecule has 1 saturated heterocycles. The van der Waals surface area contributed by atoms with Crippen LogP contribution in [0.3, 0.4) is 0 Å². The van der Waals surface area contributed by atoms with Gasteiger partial charge in [-0.25, -0.2) is 0 Å². The number of allylic oxidation sites excluding steroid dienone is 3. The summed E-state index contributed by atoms with van der Waals surface area (Å²) in [4.78, 5) is 11.0. The quantitative estimate of drug-likeness (QED) is 0.510. The van der Waals surface area contributed by atoms with Gasteiger partial charge in [0, 0.05) is 5.57 Å². The molecule has 1 aliphatic heterocycles. The number of carbonyl (C=O) groups is 1. The third-order valence-electron chi connectivity index (χ3n) is 2.00. The maximum Gasteiger partial charge on any atom is 0.316 e. The fourth-order valence-corrected chi connectivity index (χ4v) is 1.39. The minimum Gasteiger partial charge on any atom is -0.431 e. The summed E-state index contributed by atoms with van der Waals surface area (Å²) in [6.45, 7) is 0. The van der Waals surface area contributed by atoms with Crippen molar-refractivity contribution in [1.29, 1.82) is 0 Å². The summed E-state index contributed by atoms with van der Waals surface area (Å²) in [5.41, 5.74) is 0.692. The molecule has 0 aromatic carbocycles. The second-order valence-corrected chi connectivity index (χ2v) is 2.67. The molecule has 2 rings (SSSR count). The number of fused-ring (bicyclic) bond motifs is 1. The maximum absolute atomic E-state index is 11.0. The Morgan fingerprint density at radius 2 is 2.45 bits per heavy atom. The molecule has 0 bridgehead atoms. The Hall–Kier alpha value is -1.09. The van der Waals surface area contributed by atoms with Gasteiger partial charge in [-0.05, 0) is 6.42 Å². The van der Waals surface area contributed by atoms with Crippen LogP contribution in [0.25, 0.3) is 0 Å². The van der Waals surface area contributed by atoms with Crippen LogP contribution in [-0.2, 0) is 9.53 Å². The molecule has 0 aromatic heterocycles. The van der Waals surface area contributed by atoms with Crippen molar-refractivity contribution < 1.29 is 14.6 Å². The first-order valence-corrected chi connectivity index (χ1v) is 3.54. The standard InChI is InChI=1S/C8H8O3/c9-7-5-3-1-2-4-6(5)8(10)11-7/h1-3,6-7,9H,4H2. The Labute approximate surface area is 64.0 Å². The SMILES string of the molecule is O=C1OC(O)C2=CC=CCC12. The largest absolute Gasteiger partial charge is 0.431 e. The topological polar surface area (TPSA) is 46.5 Å². The highest BCUT2D eigenvalue weighted by molar-refractivity contribution is 5.80. The highest BCUT2D eigenvalue weighted by Gasteiger charge is 2.38. The Balaban J connectivity index is 2.34. The van der Waals surface area contributed by atoms with E-state index in [1.165, 1.54) is 0 Å². The first-order valence-electron chi connectivity index (χ1n) is 3.54. The summed E-state index contributed by atoms with van der Waals surface area (Å²) in [5, 5.41) is 9.15. The van der Waals surface area contributed by atoms with E-state index >= 15 is 0 Å². The van der Waals surface area contributed by atoms with Crippen LogP contribution in [0.1, 0.15) is 6.42 Å². The normalized spacial score (nSPS) is 34.6. The molecule has 2 aliphatic rings. The highest BCUT2D eigenvalue weighted by Crippen LogP contribution is 2.31. The lowest BCUT2D eigenvalue weighted by atomic mass is 9.94. The van der Waals surface area contributed by atoms with Crippen molar-refractivity contribution in [3.05, 3.63) is 23.8 Å². The van der Waals surface area contributed by atoms with Crippen molar-refractivity contribution in [2.75, 3.05) is 0 Å². The Kier molecular flexibility index (Phi) is 1.32. The summed E-state index contributed by atoms with van der Waals surface area (Å²) in [7, 11) is 0. The molecule has 2 unspecified atom stereocenters. The lowest BCUT2D eigenvalue weighted by Crippen LogP contribution is -2.10. The number of rotatable bonds is 0. The highest BCUT2D eigenvalue weighted by atomic mass is 16.6. The van der Waals surface area contributed by atoms with Gasteiger partial charge in [0.05, 0.1) is 5.92 Å². The number of aliphatic hydroxyl groups is 1. The molecule has 2 atom stereocenters. The van der Waals surface area contributed by atoms with Crippen LogP contribution in [0, 0.1) is 5.92 Å². The minimum absolute atomic E-state index is 0.227. The third-order valence-corrected chi connectivity index (χ3v) is 2.00. The van der Waals surface area contributed by atoms with Gasteiger partial charge in [0.2, 0.25) is 6.29 Å². The molecule has 0 spiro atoms. The molecule has 58 valence electrons. The van der Waals surface area contributed by atoms with Gasteiger partial charge in [-0.15, -0.1) is 0 Å². The predicted octanol–water partition coefficient (Wildman–Crippen LogP) is 0.364. The van der Waals surface area contributed by atoms with Gasteiger partial charge in [-0.1, -0.05) is 18.2 Å². The van der Waals surface area contributed by atoms with Crippen molar-refractivity contribution in [2.45, 2.75) is 12.7 Å². The number of cyclic esters (lactones) is 1. The monoisotopic (exact) mass is 152 g/mol. The molecular weight excluding hydrogens is 144 g/mol. The number of hydrogen-bond donors (Lipinski definition) is 1. The van der Waals surface area contributed by atoms with E-state index in [9.17, 15) is 4.79 Å². The van der Waals surface area contributed by atoms with Gasteiger partial charge in [0.15, 0.2) is 0 Å². The summed E-state index contributed by atoms with van der Waals surface area (Å²) < 4.78 is 4.62. The van der Waals surface area contributed by atoms with Crippen LogP contribution in [0.5, 0.6) is 0 Å². The lowest BCUT2D eigenvalue weighted by Gasteiger charge is -2.07. The molecule has 0 amide bonds. The number of carbonyl (C=O) groups excluding carboxylic acids is 1. The van der Waals surface area contributed by atoms with Crippen LogP contribution in [0.15, 0.2) is 23.8 Å². The first kappa shape index (κ1) is 6.61.